The second-order valence-corrected chi connectivity index (χ2v) is 5.81. The van der Waals surface area contributed by atoms with Crippen LogP contribution >= 0.6 is 0 Å². The number of benzene rings is 2. The van der Waals surface area contributed by atoms with Crippen LogP contribution in [0.2, 0.25) is 0 Å². The highest BCUT2D eigenvalue weighted by Crippen LogP contribution is 2.50. The number of nitrogens with zero attached hydrogens (tertiary/aromatic N) is 1. The van der Waals surface area contributed by atoms with E-state index >= 15 is 0 Å². The normalized spacial score (nSPS) is 25.9. The molecule has 1 N–H and O–H groups in total. The molecular weight excluding hydrogens is 280 g/mol. The Kier molecular flexibility index (Phi) is 3.08. The molecule has 22 heavy (non-hydrogen) atoms. The summed E-state index contributed by atoms with van der Waals surface area (Å²) in [4.78, 5) is 10.7. The van der Waals surface area contributed by atoms with Gasteiger partial charge in [-0.2, -0.15) is 0 Å². The highest BCUT2D eigenvalue weighted by molar-refractivity contribution is 5.60. The van der Waals surface area contributed by atoms with Crippen molar-refractivity contribution in [2.24, 2.45) is 5.92 Å². The van der Waals surface area contributed by atoms with Gasteiger partial charge in [-0.15, -0.1) is 0 Å². The molecule has 2 aromatic rings. The summed E-state index contributed by atoms with van der Waals surface area (Å²) in [7, 11) is 0. The largest absolute Gasteiger partial charge is 0.378 e. The molecule has 0 unspecified atom stereocenters. The first-order chi connectivity index (χ1) is 10.7. The van der Waals surface area contributed by atoms with E-state index in [0.717, 1.165) is 17.7 Å². The number of rotatable bonds is 2. The molecule has 1 fully saturated rings. The lowest BCUT2D eigenvalue weighted by Crippen LogP contribution is -2.29. The fourth-order valence-electron chi connectivity index (χ4n) is 3.56. The second-order valence-electron chi connectivity index (χ2n) is 5.81. The quantitative estimate of drug-likeness (QED) is 0.675. The van der Waals surface area contributed by atoms with Crippen LogP contribution in [0.3, 0.4) is 0 Å². The first-order valence-electron chi connectivity index (χ1n) is 7.45. The standard InChI is InChI=1S/C17H16N2O3/c20-19(21)12-6-7-15-14(10-12)17-13(8-9-22-17)16(18-15)11-4-2-1-3-5-11/h1-7,10,13,16-18H,8-9H2/t13-,16-,17+/m0/s1. The van der Waals surface area contributed by atoms with Gasteiger partial charge in [-0.05, 0) is 18.1 Å². The number of nitrogens with one attached hydrogen (secondary N) is 1. The van der Waals surface area contributed by atoms with Crippen LogP contribution in [0.5, 0.6) is 0 Å². The van der Waals surface area contributed by atoms with Crippen molar-refractivity contribution in [1.29, 1.82) is 0 Å². The lowest BCUT2D eigenvalue weighted by atomic mass is 9.81. The van der Waals surface area contributed by atoms with Gasteiger partial charge in [-0.3, -0.25) is 10.1 Å². The highest BCUT2D eigenvalue weighted by atomic mass is 16.6. The minimum Gasteiger partial charge on any atom is -0.378 e. The summed E-state index contributed by atoms with van der Waals surface area (Å²) in [6.45, 7) is 0.697. The molecule has 0 radical (unpaired) electrons. The van der Waals surface area contributed by atoms with E-state index < -0.39 is 0 Å². The van der Waals surface area contributed by atoms with E-state index in [1.54, 1.807) is 18.2 Å². The van der Waals surface area contributed by atoms with E-state index in [0.29, 0.717) is 12.5 Å². The predicted octanol–water partition coefficient (Wildman–Crippen LogP) is 3.84. The van der Waals surface area contributed by atoms with E-state index in [1.807, 2.05) is 18.2 Å². The Balaban J connectivity index is 1.78. The number of nitro benzene ring substituents is 1. The zero-order chi connectivity index (χ0) is 15.1. The van der Waals surface area contributed by atoms with Crippen molar-refractivity contribution in [2.75, 3.05) is 11.9 Å². The van der Waals surface area contributed by atoms with Crippen LogP contribution < -0.4 is 5.32 Å². The van der Waals surface area contributed by atoms with Crippen molar-refractivity contribution in [1.82, 2.24) is 0 Å². The van der Waals surface area contributed by atoms with Crippen LogP contribution in [-0.2, 0) is 4.74 Å². The minimum absolute atomic E-state index is 0.0682. The van der Waals surface area contributed by atoms with E-state index in [4.69, 9.17) is 4.74 Å². The Labute approximate surface area is 128 Å². The monoisotopic (exact) mass is 296 g/mol. The average Bonchev–Trinajstić information content (AvgIpc) is 3.04. The Morgan fingerprint density at radius 3 is 2.77 bits per heavy atom. The zero-order valence-electron chi connectivity index (χ0n) is 11.9. The number of hydrogen-bond acceptors (Lipinski definition) is 4. The van der Waals surface area contributed by atoms with Crippen LogP contribution in [0.15, 0.2) is 48.5 Å². The predicted molar refractivity (Wildman–Crippen MR) is 82.7 cm³/mol. The molecule has 1 saturated heterocycles. The molecule has 5 nitrogen and oxygen atoms in total. The summed E-state index contributed by atoms with van der Waals surface area (Å²) >= 11 is 0. The molecule has 5 heteroatoms. The van der Waals surface area contributed by atoms with Crippen LogP contribution in [0.4, 0.5) is 11.4 Å². The first-order valence-corrected chi connectivity index (χ1v) is 7.45. The molecule has 4 rings (SSSR count). The summed E-state index contributed by atoms with van der Waals surface area (Å²) in [6.07, 6.45) is 0.890. The van der Waals surface area contributed by atoms with E-state index in [1.165, 1.54) is 5.56 Å². The third kappa shape index (κ3) is 2.05. The van der Waals surface area contributed by atoms with Crippen molar-refractivity contribution >= 4 is 11.4 Å². The van der Waals surface area contributed by atoms with Crippen molar-refractivity contribution < 1.29 is 9.66 Å². The molecule has 2 heterocycles. The van der Waals surface area contributed by atoms with E-state index in [9.17, 15) is 10.1 Å². The maximum absolute atomic E-state index is 11.0. The number of non-ortho nitro benzene ring substituents is 1. The van der Waals surface area contributed by atoms with Gasteiger partial charge in [-0.1, -0.05) is 30.3 Å². The van der Waals surface area contributed by atoms with Crippen LogP contribution in [0, 0.1) is 16.0 Å². The van der Waals surface area contributed by atoms with Gasteiger partial charge in [0.25, 0.3) is 5.69 Å². The maximum Gasteiger partial charge on any atom is 0.269 e. The van der Waals surface area contributed by atoms with Gasteiger partial charge in [0.05, 0.1) is 17.1 Å². The molecule has 0 aromatic heterocycles. The lowest BCUT2D eigenvalue weighted by Gasteiger charge is -2.36. The third-order valence-corrected chi connectivity index (χ3v) is 4.59. The summed E-state index contributed by atoms with van der Waals surface area (Å²) in [5.41, 5.74) is 3.19. The van der Waals surface area contributed by atoms with Crippen molar-refractivity contribution in [3.05, 3.63) is 69.8 Å². The van der Waals surface area contributed by atoms with Gasteiger partial charge < -0.3 is 10.1 Å². The van der Waals surface area contributed by atoms with E-state index in [2.05, 4.69) is 17.4 Å². The second kappa shape index (κ2) is 5.10. The molecule has 2 aromatic carbocycles. The van der Waals surface area contributed by atoms with Crippen molar-refractivity contribution in [2.45, 2.75) is 18.6 Å². The Bertz CT molecular complexity index is 717. The van der Waals surface area contributed by atoms with Crippen molar-refractivity contribution in [3.8, 4) is 0 Å². The maximum atomic E-state index is 11.0. The number of ether oxygens (including phenoxy) is 1. The van der Waals surface area contributed by atoms with Crippen LogP contribution in [0.1, 0.15) is 29.7 Å². The number of fused-ring (bicyclic) bond motifs is 3. The molecule has 0 bridgehead atoms. The number of anilines is 1. The SMILES string of the molecule is O=[N+]([O-])c1ccc2c(c1)[C@@H]1OCC[C@H]1[C@H](c1ccccc1)N2. The number of hydrogen-bond donors (Lipinski definition) is 1. The smallest absolute Gasteiger partial charge is 0.269 e. The van der Waals surface area contributed by atoms with Gasteiger partial charge in [0.15, 0.2) is 0 Å². The summed E-state index contributed by atoms with van der Waals surface area (Å²) < 4.78 is 5.91. The Morgan fingerprint density at radius 2 is 2.00 bits per heavy atom. The Hall–Kier alpha value is -2.40. The van der Waals surface area contributed by atoms with E-state index in [-0.39, 0.29) is 22.8 Å². The molecule has 0 saturated carbocycles. The first kappa shape index (κ1) is 13.3. The summed E-state index contributed by atoms with van der Waals surface area (Å²) in [5, 5.41) is 14.6. The fraction of sp³-hybridized carbons (Fsp3) is 0.294. The van der Waals surface area contributed by atoms with Crippen LogP contribution in [0.25, 0.3) is 0 Å². The van der Waals surface area contributed by atoms with Gasteiger partial charge in [0.1, 0.15) is 0 Å². The average molecular weight is 296 g/mol. The van der Waals surface area contributed by atoms with Gasteiger partial charge in [0, 0.05) is 35.9 Å². The summed E-state index contributed by atoms with van der Waals surface area (Å²) in [6, 6.07) is 15.5. The molecule has 0 aliphatic carbocycles. The highest BCUT2D eigenvalue weighted by Gasteiger charge is 2.41. The zero-order valence-corrected chi connectivity index (χ0v) is 11.9. The summed E-state index contributed by atoms with van der Waals surface area (Å²) in [5.74, 6) is 0.303. The topological polar surface area (TPSA) is 64.4 Å². The van der Waals surface area contributed by atoms with Gasteiger partial charge in [-0.25, -0.2) is 0 Å². The van der Waals surface area contributed by atoms with Crippen LogP contribution in [-0.4, -0.2) is 11.5 Å². The van der Waals surface area contributed by atoms with Gasteiger partial charge >= 0.3 is 0 Å². The lowest BCUT2D eigenvalue weighted by molar-refractivity contribution is -0.385. The molecule has 112 valence electrons. The Morgan fingerprint density at radius 1 is 1.18 bits per heavy atom. The molecule has 0 amide bonds. The van der Waals surface area contributed by atoms with Gasteiger partial charge in [0.2, 0.25) is 0 Å². The molecule has 3 atom stereocenters. The van der Waals surface area contributed by atoms with Crippen molar-refractivity contribution in [3.63, 3.8) is 0 Å². The third-order valence-electron chi connectivity index (χ3n) is 4.59. The molecule has 0 spiro atoms. The molecule has 2 aliphatic rings. The number of nitro groups is 1. The fourth-order valence-corrected chi connectivity index (χ4v) is 3.56. The molecular formula is C17H16N2O3. The molecule has 2 aliphatic heterocycles. The minimum atomic E-state index is -0.354.